The van der Waals surface area contributed by atoms with Gasteiger partial charge in [0.25, 0.3) is 0 Å². The van der Waals surface area contributed by atoms with Crippen molar-refractivity contribution >= 4 is 29.0 Å². The van der Waals surface area contributed by atoms with Crippen molar-refractivity contribution < 1.29 is 4.79 Å². The average Bonchev–Trinajstić information content (AvgIpc) is 2.38. The minimum atomic E-state index is -0.698. The van der Waals surface area contributed by atoms with Crippen LogP contribution in [0.2, 0.25) is 5.02 Å². The molecule has 0 aliphatic carbocycles. The molecule has 0 spiro atoms. The molecule has 0 saturated heterocycles. The Hall–Kier alpha value is -1.31. The van der Waals surface area contributed by atoms with Gasteiger partial charge in [-0.1, -0.05) is 54.1 Å². The lowest BCUT2D eigenvalue weighted by atomic mass is 10.0. The van der Waals surface area contributed by atoms with Gasteiger partial charge in [-0.2, -0.15) is 0 Å². The average molecular weight is 265 g/mol. The van der Waals surface area contributed by atoms with Gasteiger partial charge in [0.15, 0.2) is 5.78 Å². The first kappa shape index (κ1) is 12.2. The largest absolute Gasteiger partial charge is 0.292 e. The number of rotatable bonds is 3. The smallest absolute Gasteiger partial charge is 0.185 e. The van der Waals surface area contributed by atoms with Crippen LogP contribution >= 0.6 is 23.2 Å². The number of hydrogen-bond donors (Lipinski definition) is 0. The molecule has 1 unspecified atom stereocenters. The van der Waals surface area contributed by atoms with E-state index in [1.807, 2.05) is 18.2 Å². The standard InChI is InChI=1S/C14H10Cl2O/c15-12-8-4-7-11(9-12)13(16)14(17)10-5-2-1-3-6-10/h1-9,13H. The second kappa shape index (κ2) is 5.35. The molecule has 3 heteroatoms. The van der Waals surface area contributed by atoms with Gasteiger partial charge in [0.05, 0.1) is 0 Å². The fourth-order valence-electron chi connectivity index (χ4n) is 1.56. The highest BCUT2D eigenvalue weighted by Gasteiger charge is 2.19. The van der Waals surface area contributed by atoms with E-state index < -0.39 is 5.38 Å². The SMILES string of the molecule is O=C(c1ccccc1)C(Cl)c1cccc(Cl)c1. The predicted octanol–water partition coefficient (Wildman–Crippen LogP) is 4.50. The molecule has 2 aromatic carbocycles. The Balaban J connectivity index is 2.27. The number of hydrogen-bond acceptors (Lipinski definition) is 1. The van der Waals surface area contributed by atoms with Gasteiger partial charge >= 0.3 is 0 Å². The highest BCUT2D eigenvalue weighted by Crippen LogP contribution is 2.26. The van der Waals surface area contributed by atoms with Gasteiger partial charge in [-0.25, -0.2) is 0 Å². The summed E-state index contributed by atoms with van der Waals surface area (Å²) < 4.78 is 0. The van der Waals surface area contributed by atoms with Gasteiger partial charge in [0.1, 0.15) is 5.38 Å². The summed E-state index contributed by atoms with van der Waals surface area (Å²) in [4.78, 5) is 12.1. The molecule has 0 saturated carbocycles. The lowest BCUT2D eigenvalue weighted by Gasteiger charge is -2.09. The zero-order valence-electron chi connectivity index (χ0n) is 8.94. The monoisotopic (exact) mass is 264 g/mol. The summed E-state index contributed by atoms with van der Waals surface area (Å²) in [5.41, 5.74) is 1.32. The maximum atomic E-state index is 12.1. The number of carbonyl (C=O) groups is 1. The molecule has 0 bridgehead atoms. The number of benzene rings is 2. The normalized spacial score (nSPS) is 12.1. The van der Waals surface area contributed by atoms with Crippen LogP contribution in [-0.2, 0) is 0 Å². The third-order valence-corrected chi connectivity index (χ3v) is 3.12. The van der Waals surface area contributed by atoms with Crippen molar-refractivity contribution in [1.29, 1.82) is 0 Å². The van der Waals surface area contributed by atoms with Crippen LogP contribution in [0, 0.1) is 0 Å². The van der Waals surface area contributed by atoms with Crippen molar-refractivity contribution in [2.45, 2.75) is 5.38 Å². The third kappa shape index (κ3) is 2.87. The van der Waals surface area contributed by atoms with Crippen LogP contribution in [-0.4, -0.2) is 5.78 Å². The molecular formula is C14H10Cl2O. The molecule has 17 heavy (non-hydrogen) atoms. The van der Waals surface area contributed by atoms with Gasteiger partial charge in [-0.3, -0.25) is 4.79 Å². The van der Waals surface area contributed by atoms with Crippen LogP contribution in [0.15, 0.2) is 54.6 Å². The summed E-state index contributed by atoms with van der Waals surface area (Å²) in [6.45, 7) is 0. The van der Waals surface area contributed by atoms with Crippen molar-refractivity contribution in [3.8, 4) is 0 Å². The van der Waals surface area contributed by atoms with Crippen molar-refractivity contribution in [3.05, 3.63) is 70.7 Å². The Morgan fingerprint density at radius 1 is 1.00 bits per heavy atom. The quantitative estimate of drug-likeness (QED) is 0.589. The van der Waals surface area contributed by atoms with E-state index in [4.69, 9.17) is 23.2 Å². The molecule has 1 nitrogen and oxygen atoms in total. The Morgan fingerprint density at radius 3 is 2.35 bits per heavy atom. The fourth-order valence-corrected chi connectivity index (χ4v) is 2.02. The van der Waals surface area contributed by atoms with Gasteiger partial charge in [-0.15, -0.1) is 11.6 Å². The van der Waals surface area contributed by atoms with Gasteiger partial charge in [0.2, 0.25) is 0 Å². The van der Waals surface area contributed by atoms with E-state index in [9.17, 15) is 4.79 Å². The van der Waals surface area contributed by atoms with Gasteiger partial charge < -0.3 is 0 Å². The Morgan fingerprint density at radius 2 is 1.71 bits per heavy atom. The highest BCUT2D eigenvalue weighted by atomic mass is 35.5. The van der Waals surface area contributed by atoms with Crippen LogP contribution in [0.4, 0.5) is 0 Å². The molecule has 0 heterocycles. The molecule has 1 atom stereocenters. The second-order valence-electron chi connectivity index (χ2n) is 3.65. The maximum Gasteiger partial charge on any atom is 0.185 e. The third-order valence-electron chi connectivity index (χ3n) is 2.43. The molecule has 86 valence electrons. The summed E-state index contributed by atoms with van der Waals surface area (Å²) in [5.74, 6) is -0.116. The zero-order valence-corrected chi connectivity index (χ0v) is 10.4. The Labute approximate surface area is 110 Å². The minimum absolute atomic E-state index is 0.116. The Kier molecular flexibility index (Phi) is 3.82. The van der Waals surface area contributed by atoms with E-state index in [1.54, 1.807) is 36.4 Å². The van der Waals surface area contributed by atoms with E-state index in [0.717, 1.165) is 0 Å². The number of ketones is 1. The number of alkyl halides is 1. The molecular weight excluding hydrogens is 255 g/mol. The van der Waals surface area contributed by atoms with E-state index in [-0.39, 0.29) is 5.78 Å². The number of Topliss-reactive ketones (excluding diaryl/α,β-unsaturated/α-hetero) is 1. The summed E-state index contributed by atoms with van der Waals surface area (Å²) >= 11 is 12.0. The summed E-state index contributed by atoms with van der Waals surface area (Å²) in [6, 6.07) is 16.0. The van der Waals surface area contributed by atoms with Crippen LogP contribution in [0.5, 0.6) is 0 Å². The topological polar surface area (TPSA) is 17.1 Å². The van der Waals surface area contributed by atoms with E-state index >= 15 is 0 Å². The lowest BCUT2D eigenvalue weighted by Crippen LogP contribution is -2.07. The minimum Gasteiger partial charge on any atom is -0.292 e. The molecule has 0 aromatic heterocycles. The molecule has 0 N–H and O–H groups in total. The molecule has 0 radical (unpaired) electrons. The van der Waals surface area contributed by atoms with Crippen molar-refractivity contribution in [2.75, 3.05) is 0 Å². The maximum absolute atomic E-state index is 12.1. The molecule has 0 amide bonds. The predicted molar refractivity (Wildman–Crippen MR) is 70.8 cm³/mol. The Bertz CT molecular complexity index is 523. The van der Waals surface area contributed by atoms with E-state index in [1.165, 1.54) is 0 Å². The van der Waals surface area contributed by atoms with Gasteiger partial charge in [0, 0.05) is 10.6 Å². The second-order valence-corrected chi connectivity index (χ2v) is 4.52. The first-order valence-electron chi connectivity index (χ1n) is 5.17. The lowest BCUT2D eigenvalue weighted by molar-refractivity contribution is 0.0987. The molecule has 2 aromatic rings. The van der Waals surface area contributed by atoms with Crippen LogP contribution in [0.1, 0.15) is 21.3 Å². The molecule has 2 rings (SSSR count). The van der Waals surface area contributed by atoms with Crippen LogP contribution in [0.3, 0.4) is 0 Å². The number of halogens is 2. The van der Waals surface area contributed by atoms with Gasteiger partial charge in [-0.05, 0) is 17.7 Å². The van der Waals surface area contributed by atoms with Crippen molar-refractivity contribution in [3.63, 3.8) is 0 Å². The summed E-state index contributed by atoms with van der Waals surface area (Å²) in [6.07, 6.45) is 0. The fraction of sp³-hybridized carbons (Fsp3) is 0.0714. The molecule has 0 aliphatic heterocycles. The van der Waals surface area contributed by atoms with Crippen molar-refractivity contribution in [1.82, 2.24) is 0 Å². The molecule has 0 aliphatic rings. The number of carbonyl (C=O) groups excluding carboxylic acids is 1. The van der Waals surface area contributed by atoms with Crippen LogP contribution in [0.25, 0.3) is 0 Å². The summed E-state index contributed by atoms with van der Waals surface area (Å²) in [5, 5.41) is -0.120. The van der Waals surface area contributed by atoms with E-state index in [2.05, 4.69) is 0 Å². The van der Waals surface area contributed by atoms with Crippen molar-refractivity contribution in [2.24, 2.45) is 0 Å². The first-order valence-corrected chi connectivity index (χ1v) is 5.99. The van der Waals surface area contributed by atoms with Crippen LogP contribution < -0.4 is 0 Å². The highest BCUT2D eigenvalue weighted by molar-refractivity contribution is 6.34. The summed E-state index contributed by atoms with van der Waals surface area (Å²) in [7, 11) is 0. The van der Waals surface area contributed by atoms with E-state index in [0.29, 0.717) is 16.1 Å². The zero-order chi connectivity index (χ0) is 12.3. The first-order chi connectivity index (χ1) is 8.18. The molecule has 0 fully saturated rings.